The van der Waals surface area contributed by atoms with Gasteiger partial charge in [-0.05, 0) is 47.1 Å². The third-order valence-electron chi connectivity index (χ3n) is 3.24. The first-order valence-electron chi connectivity index (χ1n) is 7.36. The molecule has 1 saturated heterocycles. The molecule has 1 aliphatic heterocycles. The van der Waals surface area contributed by atoms with E-state index in [1.54, 1.807) is 4.90 Å². The third kappa shape index (κ3) is 4.25. The maximum atomic E-state index is 12.6. The summed E-state index contributed by atoms with van der Waals surface area (Å²) in [6, 6.07) is 1.85. The van der Waals surface area contributed by atoms with Crippen molar-refractivity contribution in [3.05, 3.63) is 17.5 Å². The van der Waals surface area contributed by atoms with Crippen LogP contribution in [0.15, 0.2) is 11.2 Å². The zero-order valence-electron chi connectivity index (χ0n) is 13.8. The molecule has 1 amide bonds. The van der Waals surface area contributed by atoms with E-state index in [1.165, 1.54) is 0 Å². The molecule has 0 aliphatic carbocycles. The van der Waals surface area contributed by atoms with Crippen LogP contribution in [0.2, 0.25) is 0 Å². The fourth-order valence-electron chi connectivity index (χ4n) is 2.33. The average Bonchev–Trinajstić information content (AvgIpc) is 2.84. The van der Waals surface area contributed by atoms with Crippen LogP contribution >= 0.6 is 0 Å². The van der Waals surface area contributed by atoms with E-state index in [4.69, 9.17) is 4.74 Å². The predicted octanol–water partition coefficient (Wildman–Crippen LogP) is 2.21. The minimum atomic E-state index is -1.31. The van der Waals surface area contributed by atoms with E-state index in [0.29, 0.717) is 24.7 Å². The fraction of sp³-hybridized carbons (Fsp3) is 0.667. The Hall–Kier alpha value is -1.50. The minimum absolute atomic E-state index is 0.145. The van der Waals surface area contributed by atoms with Gasteiger partial charge in [0.15, 0.2) is 0 Å². The Balaban J connectivity index is 2.03. The second-order valence-corrected chi connectivity index (χ2v) is 8.19. The van der Waals surface area contributed by atoms with E-state index < -0.39 is 16.4 Å². The molecule has 2 unspecified atom stereocenters. The van der Waals surface area contributed by atoms with Gasteiger partial charge in [0.25, 0.3) is 0 Å². The Kier molecular flexibility index (Phi) is 4.84. The zero-order valence-corrected chi connectivity index (χ0v) is 14.6. The normalized spacial score (nSPS) is 20.0. The van der Waals surface area contributed by atoms with Crippen molar-refractivity contribution in [2.75, 3.05) is 13.1 Å². The third-order valence-corrected chi connectivity index (χ3v) is 4.77. The molecule has 22 heavy (non-hydrogen) atoms. The largest absolute Gasteiger partial charge is 0.444 e. The van der Waals surface area contributed by atoms with Gasteiger partial charge in [-0.15, -0.1) is 0 Å². The van der Waals surface area contributed by atoms with Crippen LogP contribution in [0.3, 0.4) is 0 Å². The number of aromatic nitrogens is 2. The van der Waals surface area contributed by atoms with Crippen molar-refractivity contribution in [3.63, 3.8) is 0 Å². The van der Waals surface area contributed by atoms with E-state index in [2.05, 4.69) is 9.97 Å². The van der Waals surface area contributed by atoms with Crippen molar-refractivity contribution in [2.45, 2.75) is 57.0 Å². The Morgan fingerprint density at radius 1 is 1.32 bits per heavy atom. The summed E-state index contributed by atoms with van der Waals surface area (Å²) in [5.41, 5.74) is 1.08. The van der Waals surface area contributed by atoms with Crippen LogP contribution in [0.1, 0.15) is 38.6 Å². The van der Waals surface area contributed by atoms with Gasteiger partial charge in [-0.1, -0.05) is 0 Å². The lowest BCUT2D eigenvalue weighted by Gasteiger charge is -2.24. The number of ether oxygens (including phenoxy) is 1. The van der Waals surface area contributed by atoms with Crippen LogP contribution in [-0.2, 0) is 15.5 Å². The summed E-state index contributed by atoms with van der Waals surface area (Å²) in [6.07, 6.45) is 0.315. The van der Waals surface area contributed by atoms with Crippen molar-refractivity contribution in [1.82, 2.24) is 14.9 Å². The molecule has 1 aromatic heterocycles. The van der Waals surface area contributed by atoms with Gasteiger partial charge in [-0.3, -0.25) is 4.21 Å². The number of rotatable bonds is 2. The molecule has 0 saturated carbocycles. The number of carbonyl (C=O) groups is 1. The van der Waals surface area contributed by atoms with Crippen molar-refractivity contribution in [2.24, 2.45) is 0 Å². The van der Waals surface area contributed by atoms with E-state index in [9.17, 15) is 9.00 Å². The number of carbonyl (C=O) groups excluding carboxylic acids is 1. The van der Waals surface area contributed by atoms with Crippen LogP contribution < -0.4 is 0 Å². The van der Waals surface area contributed by atoms with Crippen LogP contribution in [-0.4, -0.2) is 49.1 Å². The lowest BCUT2D eigenvalue weighted by atomic mass is 10.2. The Labute approximate surface area is 133 Å². The maximum Gasteiger partial charge on any atom is 0.410 e. The van der Waals surface area contributed by atoms with Crippen molar-refractivity contribution in [3.8, 4) is 0 Å². The monoisotopic (exact) mass is 325 g/mol. The summed E-state index contributed by atoms with van der Waals surface area (Å²) in [7, 11) is -1.31. The van der Waals surface area contributed by atoms with Crippen LogP contribution in [0.25, 0.3) is 0 Å². The Bertz CT molecular complexity index is 578. The lowest BCUT2D eigenvalue weighted by molar-refractivity contribution is 0.0295. The Morgan fingerprint density at radius 3 is 2.45 bits per heavy atom. The molecule has 2 atom stereocenters. The highest BCUT2D eigenvalue weighted by Crippen LogP contribution is 2.21. The highest BCUT2D eigenvalue weighted by Gasteiger charge is 2.34. The second-order valence-electron chi connectivity index (χ2n) is 6.57. The number of amides is 1. The summed E-state index contributed by atoms with van der Waals surface area (Å²) >= 11 is 0. The smallest absolute Gasteiger partial charge is 0.410 e. The second kappa shape index (κ2) is 6.32. The average molecular weight is 325 g/mol. The van der Waals surface area contributed by atoms with Crippen molar-refractivity contribution >= 4 is 16.9 Å². The molecule has 0 radical (unpaired) electrons. The maximum absolute atomic E-state index is 12.6. The van der Waals surface area contributed by atoms with Gasteiger partial charge in [0.1, 0.15) is 5.60 Å². The number of nitrogens with zero attached hydrogens (tertiary/aromatic N) is 3. The van der Waals surface area contributed by atoms with Crippen LogP contribution in [0.4, 0.5) is 4.79 Å². The van der Waals surface area contributed by atoms with Crippen molar-refractivity contribution < 1.29 is 13.7 Å². The lowest BCUT2D eigenvalue weighted by Crippen LogP contribution is -2.36. The number of hydrogen-bond acceptors (Lipinski definition) is 5. The first kappa shape index (κ1) is 16.9. The first-order chi connectivity index (χ1) is 10.2. The molecule has 0 aromatic carbocycles. The minimum Gasteiger partial charge on any atom is -0.444 e. The van der Waals surface area contributed by atoms with E-state index >= 15 is 0 Å². The molecule has 6 nitrogen and oxygen atoms in total. The zero-order chi connectivity index (χ0) is 16.5. The van der Waals surface area contributed by atoms with Gasteiger partial charge < -0.3 is 9.64 Å². The summed E-state index contributed by atoms with van der Waals surface area (Å²) in [4.78, 5) is 22.2. The number of likely N-dealkylation sites (tertiary alicyclic amines) is 1. The molecule has 2 heterocycles. The van der Waals surface area contributed by atoms with Gasteiger partial charge in [-0.25, -0.2) is 14.8 Å². The molecule has 7 heteroatoms. The van der Waals surface area contributed by atoms with Gasteiger partial charge >= 0.3 is 6.09 Å². The Morgan fingerprint density at radius 2 is 1.91 bits per heavy atom. The fourth-order valence-corrected chi connectivity index (χ4v) is 3.73. The SMILES string of the molecule is Cc1cc(C)nc(S(=O)C2CCN(C(=O)OC(C)(C)C)C2)n1. The van der Waals surface area contributed by atoms with Gasteiger partial charge in [0, 0.05) is 24.5 Å². The van der Waals surface area contributed by atoms with E-state index in [0.717, 1.165) is 11.4 Å². The van der Waals surface area contributed by atoms with E-state index in [-0.39, 0.29) is 11.3 Å². The predicted molar refractivity (Wildman–Crippen MR) is 84.1 cm³/mol. The first-order valence-corrected chi connectivity index (χ1v) is 8.58. The molecular formula is C15H23N3O3S. The molecule has 0 spiro atoms. The molecule has 1 aliphatic rings. The molecular weight excluding hydrogens is 302 g/mol. The summed E-state index contributed by atoms with van der Waals surface area (Å²) in [5, 5.41) is 0.210. The molecule has 0 N–H and O–H groups in total. The molecule has 1 aromatic rings. The number of aryl methyl sites for hydroxylation is 2. The molecule has 122 valence electrons. The molecule has 2 rings (SSSR count). The van der Waals surface area contributed by atoms with Gasteiger partial charge in [-0.2, -0.15) is 0 Å². The highest BCUT2D eigenvalue weighted by molar-refractivity contribution is 7.85. The number of hydrogen-bond donors (Lipinski definition) is 0. The van der Waals surface area contributed by atoms with Crippen LogP contribution in [0, 0.1) is 13.8 Å². The molecule has 1 fully saturated rings. The van der Waals surface area contributed by atoms with Crippen molar-refractivity contribution in [1.29, 1.82) is 0 Å². The summed E-state index contributed by atoms with van der Waals surface area (Å²) in [5.74, 6) is 0. The highest BCUT2D eigenvalue weighted by atomic mass is 32.2. The van der Waals surface area contributed by atoms with Gasteiger partial charge in [0.05, 0.1) is 16.0 Å². The standard InChI is InChI=1S/C15H23N3O3S/c1-10-8-11(2)17-13(16-10)22(20)12-6-7-18(9-12)14(19)21-15(3,4)5/h8,12H,6-7,9H2,1-5H3. The summed E-state index contributed by atoms with van der Waals surface area (Å²) in [6.45, 7) is 10.2. The summed E-state index contributed by atoms with van der Waals surface area (Å²) < 4.78 is 18.0. The van der Waals surface area contributed by atoms with Gasteiger partial charge in [0.2, 0.25) is 5.16 Å². The topological polar surface area (TPSA) is 72.4 Å². The van der Waals surface area contributed by atoms with E-state index in [1.807, 2.05) is 40.7 Å². The van der Waals surface area contributed by atoms with Crippen LogP contribution in [0.5, 0.6) is 0 Å². The molecule has 0 bridgehead atoms. The quantitative estimate of drug-likeness (QED) is 0.780.